The van der Waals surface area contributed by atoms with Gasteiger partial charge in [-0.3, -0.25) is 5.10 Å². The SMILES string of the molecule is Cc1cc(C)c(CNC(C)c2cn[nH]c2)cc1C. The highest BCUT2D eigenvalue weighted by atomic mass is 15.1. The average molecular weight is 243 g/mol. The Morgan fingerprint density at radius 1 is 1.17 bits per heavy atom. The molecule has 2 N–H and O–H groups in total. The normalized spacial score (nSPS) is 12.7. The van der Waals surface area contributed by atoms with E-state index < -0.39 is 0 Å². The molecule has 0 saturated carbocycles. The van der Waals surface area contributed by atoms with Gasteiger partial charge in [0.25, 0.3) is 0 Å². The van der Waals surface area contributed by atoms with E-state index >= 15 is 0 Å². The second-order valence-corrected chi connectivity index (χ2v) is 5.00. The van der Waals surface area contributed by atoms with Gasteiger partial charge < -0.3 is 5.32 Å². The highest BCUT2D eigenvalue weighted by Gasteiger charge is 2.07. The molecule has 1 heterocycles. The van der Waals surface area contributed by atoms with E-state index in [1.165, 1.54) is 27.8 Å². The van der Waals surface area contributed by atoms with Gasteiger partial charge in [0.15, 0.2) is 0 Å². The van der Waals surface area contributed by atoms with Crippen LogP contribution in [0.15, 0.2) is 24.5 Å². The summed E-state index contributed by atoms with van der Waals surface area (Å²) >= 11 is 0. The molecule has 1 aromatic heterocycles. The fourth-order valence-electron chi connectivity index (χ4n) is 2.09. The third kappa shape index (κ3) is 2.79. The molecule has 0 aliphatic heterocycles. The third-order valence-electron chi connectivity index (χ3n) is 3.57. The van der Waals surface area contributed by atoms with Crippen molar-refractivity contribution in [2.24, 2.45) is 0 Å². The Morgan fingerprint density at radius 2 is 1.89 bits per heavy atom. The molecular formula is C15H21N3. The summed E-state index contributed by atoms with van der Waals surface area (Å²) in [5, 5.41) is 10.4. The van der Waals surface area contributed by atoms with Crippen LogP contribution in [0.5, 0.6) is 0 Å². The van der Waals surface area contributed by atoms with Gasteiger partial charge in [0.1, 0.15) is 0 Å². The Kier molecular flexibility index (Phi) is 3.82. The van der Waals surface area contributed by atoms with E-state index in [1.807, 2.05) is 12.4 Å². The van der Waals surface area contributed by atoms with E-state index in [9.17, 15) is 0 Å². The minimum atomic E-state index is 0.310. The number of benzene rings is 1. The number of nitrogens with zero attached hydrogens (tertiary/aromatic N) is 1. The maximum absolute atomic E-state index is 3.98. The molecule has 0 fully saturated rings. The second-order valence-electron chi connectivity index (χ2n) is 5.00. The van der Waals surface area contributed by atoms with E-state index in [1.54, 1.807) is 0 Å². The van der Waals surface area contributed by atoms with E-state index in [0.29, 0.717) is 6.04 Å². The van der Waals surface area contributed by atoms with Crippen molar-refractivity contribution in [1.29, 1.82) is 0 Å². The molecule has 1 unspecified atom stereocenters. The maximum Gasteiger partial charge on any atom is 0.0534 e. The Morgan fingerprint density at radius 3 is 2.56 bits per heavy atom. The van der Waals surface area contributed by atoms with Crippen LogP contribution in [0, 0.1) is 20.8 Å². The Hall–Kier alpha value is -1.61. The molecule has 18 heavy (non-hydrogen) atoms. The van der Waals surface area contributed by atoms with Crippen LogP contribution < -0.4 is 5.32 Å². The van der Waals surface area contributed by atoms with Crippen molar-refractivity contribution in [2.45, 2.75) is 40.3 Å². The fraction of sp³-hybridized carbons (Fsp3) is 0.400. The Balaban J connectivity index is 2.04. The molecule has 2 rings (SSSR count). The van der Waals surface area contributed by atoms with E-state index in [-0.39, 0.29) is 0 Å². The fourth-order valence-corrected chi connectivity index (χ4v) is 2.09. The molecule has 0 bridgehead atoms. The number of aromatic amines is 1. The molecule has 0 aliphatic rings. The van der Waals surface area contributed by atoms with E-state index in [4.69, 9.17) is 0 Å². The van der Waals surface area contributed by atoms with E-state index in [0.717, 1.165) is 6.54 Å². The molecule has 3 nitrogen and oxygen atoms in total. The zero-order chi connectivity index (χ0) is 13.1. The van der Waals surface area contributed by atoms with Gasteiger partial charge in [-0.05, 0) is 49.9 Å². The first kappa shape index (κ1) is 12.8. The van der Waals surface area contributed by atoms with Crippen molar-refractivity contribution in [3.05, 3.63) is 52.3 Å². The molecule has 3 heteroatoms. The molecular weight excluding hydrogens is 222 g/mol. The summed E-state index contributed by atoms with van der Waals surface area (Å²) in [6, 6.07) is 4.85. The lowest BCUT2D eigenvalue weighted by Gasteiger charge is -2.15. The maximum atomic E-state index is 3.98. The number of rotatable bonds is 4. The molecule has 0 aliphatic carbocycles. The van der Waals surface area contributed by atoms with Crippen molar-refractivity contribution >= 4 is 0 Å². The van der Waals surface area contributed by atoms with Gasteiger partial charge in [0.2, 0.25) is 0 Å². The number of aryl methyl sites for hydroxylation is 3. The molecule has 1 aromatic carbocycles. The van der Waals surface area contributed by atoms with Gasteiger partial charge in [-0.15, -0.1) is 0 Å². The number of aromatic nitrogens is 2. The number of nitrogens with one attached hydrogen (secondary N) is 2. The number of H-pyrrole nitrogens is 1. The first-order valence-corrected chi connectivity index (χ1v) is 6.36. The van der Waals surface area contributed by atoms with Crippen LogP contribution in [0.2, 0.25) is 0 Å². The summed E-state index contributed by atoms with van der Waals surface area (Å²) in [7, 11) is 0. The van der Waals surface area contributed by atoms with Crippen molar-refractivity contribution < 1.29 is 0 Å². The summed E-state index contributed by atoms with van der Waals surface area (Å²) in [5.74, 6) is 0. The monoisotopic (exact) mass is 243 g/mol. The summed E-state index contributed by atoms with van der Waals surface area (Å²) in [5.41, 5.74) is 6.63. The predicted molar refractivity (Wildman–Crippen MR) is 74.5 cm³/mol. The molecule has 0 spiro atoms. The molecule has 0 amide bonds. The van der Waals surface area contributed by atoms with Gasteiger partial charge >= 0.3 is 0 Å². The van der Waals surface area contributed by atoms with Gasteiger partial charge in [-0.25, -0.2) is 0 Å². The summed E-state index contributed by atoms with van der Waals surface area (Å²) in [6.45, 7) is 9.54. The zero-order valence-corrected chi connectivity index (χ0v) is 11.5. The minimum absolute atomic E-state index is 0.310. The first-order chi connectivity index (χ1) is 8.58. The van der Waals surface area contributed by atoms with Crippen LogP contribution in [0.25, 0.3) is 0 Å². The van der Waals surface area contributed by atoms with Crippen molar-refractivity contribution in [2.75, 3.05) is 0 Å². The van der Waals surface area contributed by atoms with E-state index in [2.05, 4.69) is 55.3 Å². The van der Waals surface area contributed by atoms with Crippen molar-refractivity contribution in [3.8, 4) is 0 Å². The first-order valence-electron chi connectivity index (χ1n) is 6.36. The predicted octanol–water partition coefficient (Wildman–Crippen LogP) is 3.19. The average Bonchev–Trinajstić information content (AvgIpc) is 2.85. The number of hydrogen-bond acceptors (Lipinski definition) is 2. The van der Waals surface area contributed by atoms with Gasteiger partial charge in [0.05, 0.1) is 6.20 Å². The molecule has 0 radical (unpaired) electrons. The molecule has 2 aromatic rings. The van der Waals surface area contributed by atoms with Gasteiger partial charge in [-0.2, -0.15) is 5.10 Å². The quantitative estimate of drug-likeness (QED) is 0.866. The van der Waals surface area contributed by atoms with Crippen LogP contribution >= 0.6 is 0 Å². The minimum Gasteiger partial charge on any atom is -0.306 e. The molecule has 0 saturated heterocycles. The van der Waals surface area contributed by atoms with Gasteiger partial charge in [0, 0.05) is 24.3 Å². The molecule has 96 valence electrons. The number of hydrogen-bond donors (Lipinski definition) is 2. The summed E-state index contributed by atoms with van der Waals surface area (Å²) in [4.78, 5) is 0. The summed E-state index contributed by atoms with van der Waals surface area (Å²) < 4.78 is 0. The Bertz CT molecular complexity index is 515. The lowest BCUT2D eigenvalue weighted by molar-refractivity contribution is 0.573. The standard InChI is InChI=1S/C15H21N3/c1-10-5-12(3)14(6-11(10)2)7-16-13(4)15-8-17-18-9-15/h5-6,8-9,13,16H,7H2,1-4H3,(H,17,18). The third-order valence-corrected chi connectivity index (χ3v) is 3.57. The van der Waals surface area contributed by atoms with Crippen LogP contribution in [-0.4, -0.2) is 10.2 Å². The van der Waals surface area contributed by atoms with Crippen LogP contribution in [0.4, 0.5) is 0 Å². The zero-order valence-electron chi connectivity index (χ0n) is 11.5. The smallest absolute Gasteiger partial charge is 0.0534 e. The van der Waals surface area contributed by atoms with Crippen LogP contribution in [0.3, 0.4) is 0 Å². The van der Waals surface area contributed by atoms with Crippen molar-refractivity contribution in [1.82, 2.24) is 15.5 Å². The van der Waals surface area contributed by atoms with Gasteiger partial charge in [-0.1, -0.05) is 12.1 Å². The topological polar surface area (TPSA) is 40.7 Å². The van der Waals surface area contributed by atoms with Crippen LogP contribution in [0.1, 0.15) is 40.8 Å². The highest BCUT2D eigenvalue weighted by Crippen LogP contribution is 2.17. The highest BCUT2D eigenvalue weighted by molar-refractivity contribution is 5.36. The lowest BCUT2D eigenvalue weighted by atomic mass is 10.0. The lowest BCUT2D eigenvalue weighted by Crippen LogP contribution is -2.18. The Labute approximate surface area is 109 Å². The largest absolute Gasteiger partial charge is 0.306 e. The van der Waals surface area contributed by atoms with Crippen molar-refractivity contribution in [3.63, 3.8) is 0 Å². The molecule has 1 atom stereocenters. The van der Waals surface area contributed by atoms with Crippen LogP contribution in [-0.2, 0) is 6.54 Å². The second kappa shape index (κ2) is 5.36. The summed E-state index contributed by atoms with van der Waals surface area (Å²) in [6.07, 6.45) is 3.80.